The van der Waals surface area contributed by atoms with Gasteiger partial charge in [0.15, 0.2) is 5.69 Å². The molecule has 0 spiro atoms. The summed E-state index contributed by atoms with van der Waals surface area (Å²) in [7, 11) is -4.25. The van der Waals surface area contributed by atoms with E-state index >= 15 is 0 Å². The molecule has 2 saturated heterocycles. The molecular weight excluding hydrogens is 357 g/mol. The third-order valence-electron chi connectivity index (χ3n) is 4.75. The SMILES string of the molecule is O=S(=O)(c1cn[nH]c1C(F)(F)F)N1C[C@@H]2C[C@H]1CN2c1ccccc1. The molecule has 134 valence electrons. The highest BCUT2D eigenvalue weighted by Crippen LogP contribution is 2.40. The summed E-state index contributed by atoms with van der Waals surface area (Å²) in [4.78, 5) is 1.30. The van der Waals surface area contributed by atoms with E-state index in [-0.39, 0.29) is 18.6 Å². The molecule has 10 heteroatoms. The number of nitrogens with zero attached hydrogens (tertiary/aromatic N) is 3. The van der Waals surface area contributed by atoms with Crippen LogP contribution in [0.1, 0.15) is 12.1 Å². The van der Waals surface area contributed by atoms with E-state index in [9.17, 15) is 21.6 Å². The summed E-state index contributed by atoms with van der Waals surface area (Å²) in [6.07, 6.45) is -3.46. The Bertz CT molecular complexity index is 882. The minimum absolute atomic E-state index is 0.0385. The summed E-state index contributed by atoms with van der Waals surface area (Å²) in [6.45, 7) is 0.636. The van der Waals surface area contributed by atoms with Crippen molar-refractivity contribution in [2.45, 2.75) is 29.6 Å². The monoisotopic (exact) mass is 372 g/mol. The first-order chi connectivity index (χ1) is 11.8. The summed E-state index contributed by atoms with van der Waals surface area (Å²) in [6, 6.07) is 9.20. The van der Waals surface area contributed by atoms with Gasteiger partial charge in [0.05, 0.1) is 6.20 Å². The Kier molecular flexibility index (Phi) is 3.58. The summed E-state index contributed by atoms with van der Waals surface area (Å²) < 4.78 is 65.7. The molecule has 4 rings (SSSR count). The largest absolute Gasteiger partial charge is 0.434 e. The number of nitrogens with one attached hydrogen (secondary N) is 1. The van der Waals surface area contributed by atoms with Crippen LogP contribution < -0.4 is 4.90 Å². The van der Waals surface area contributed by atoms with Crippen molar-refractivity contribution in [2.24, 2.45) is 0 Å². The van der Waals surface area contributed by atoms with Gasteiger partial charge < -0.3 is 4.90 Å². The summed E-state index contributed by atoms with van der Waals surface area (Å²) in [5, 5.41) is 5.05. The molecule has 1 N–H and O–H groups in total. The number of fused-ring (bicyclic) bond motifs is 2. The maximum atomic E-state index is 13.0. The summed E-state index contributed by atoms with van der Waals surface area (Å²) >= 11 is 0. The minimum Gasteiger partial charge on any atom is -0.366 e. The Hall–Kier alpha value is -2.07. The topological polar surface area (TPSA) is 69.3 Å². The molecule has 0 unspecified atom stereocenters. The fourth-order valence-electron chi connectivity index (χ4n) is 3.66. The lowest BCUT2D eigenvalue weighted by atomic mass is 10.2. The first kappa shape index (κ1) is 16.4. The quantitative estimate of drug-likeness (QED) is 0.896. The molecule has 25 heavy (non-hydrogen) atoms. The zero-order valence-corrected chi connectivity index (χ0v) is 13.8. The maximum absolute atomic E-state index is 13.0. The van der Waals surface area contributed by atoms with Crippen molar-refractivity contribution in [3.63, 3.8) is 0 Å². The second-order valence-corrected chi connectivity index (χ2v) is 8.07. The van der Waals surface area contributed by atoms with Crippen molar-refractivity contribution in [1.29, 1.82) is 0 Å². The number of hydrogen-bond acceptors (Lipinski definition) is 4. The molecule has 6 nitrogen and oxygen atoms in total. The number of H-pyrrole nitrogens is 1. The Balaban J connectivity index is 1.61. The summed E-state index contributed by atoms with van der Waals surface area (Å²) in [5.74, 6) is 0. The van der Waals surface area contributed by atoms with E-state index < -0.39 is 26.8 Å². The van der Waals surface area contributed by atoms with E-state index in [0.29, 0.717) is 13.0 Å². The van der Waals surface area contributed by atoms with Gasteiger partial charge in [0.25, 0.3) is 0 Å². The van der Waals surface area contributed by atoms with Crippen LogP contribution in [0.4, 0.5) is 18.9 Å². The van der Waals surface area contributed by atoms with Crippen LogP contribution in [-0.4, -0.2) is 48.1 Å². The first-order valence-electron chi connectivity index (χ1n) is 7.72. The van der Waals surface area contributed by atoms with E-state index in [1.165, 1.54) is 4.31 Å². The number of sulfonamides is 1. The second-order valence-electron chi connectivity index (χ2n) is 6.21. The van der Waals surface area contributed by atoms with Crippen molar-refractivity contribution in [3.05, 3.63) is 42.2 Å². The highest BCUT2D eigenvalue weighted by atomic mass is 32.2. The molecule has 2 fully saturated rings. The van der Waals surface area contributed by atoms with Crippen molar-refractivity contribution in [3.8, 4) is 0 Å². The van der Waals surface area contributed by atoms with Crippen LogP contribution >= 0.6 is 0 Å². The van der Waals surface area contributed by atoms with Gasteiger partial charge in [-0.15, -0.1) is 0 Å². The lowest BCUT2D eigenvalue weighted by Gasteiger charge is -2.34. The average molecular weight is 372 g/mol. The van der Waals surface area contributed by atoms with E-state index in [2.05, 4.69) is 10.00 Å². The highest BCUT2D eigenvalue weighted by molar-refractivity contribution is 7.89. The van der Waals surface area contributed by atoms with Gasteiger partial charge in [0, 0.05) is 30.9 Å². The van der Waals surface area contributed by atoms with E-state index in [1.807, 2.05) is 30.3 Å². The molecular formula is C15H15F3N4O2S. The number of rotatable bonds is 3. The number of anilines is 1. The van der Waals surface area contributed by atoms with Crippen molar-refractivity contribution >= 4 is 15.7 Å². The predicted molar refractivity (Wildman–Crippen MR) is 83.5 cm³/mol. The van der Waals surface area contributed by atoms with Crippen LogP contribution in [0.3, 0.4) is 0 Å². The van der Waals surface area contributed by atoms with Crippen molar-refractivity contribution in [2.75, 3.05) is 18.0 Å². The number of para-hydroxylation sites is 1. The Morgan fingerprint density at radius 2 is 1.84 bits per heavy atom. The van der Waals surface area contributed by atoms with Crippen LogP contribution in [0, 0.1) is 0 Å². The molecule has 2 aromatic rings. The van der Waals surface area contributed by atoms with Gasteiger partial charge in [-0.3, -0.25) is 5.10 Å². The summed E-state index contributed by atoms with van der Waals surface area (Å²) in [5.41, 5.74) is -0.332. The number of aromatic amines is 1. The molecule has 2 aliphatic heterocycles. The van der Waals surface area contributed by atoms with Crippen LogP contribution in [-0.2, 0) is 16.2 Å². The molecule has 0 saturated carbocycles. The fourth-order valence-corrected chi connectivity index (χ4v) is 5.43. The van der Waals surface area contributed by atoms with E-state index in [4.69, 9.17) is 0 Å². The van der Waals surface area contributed by atoms with Gasteiger partial charge in [-0.2, -0.15) is 22.6 Å². The number of hydrogen-bond donors (Lipinski definition) is 1. The van der Waals surface area contributed by atoms with Gasteiger partial charge >= 0.3 is 6.18 Å². The zero-order valence-electron chi connectivity index (χ0n) is 12.9. The standard InChI is InChI=1S/C15H15F3N4O2S/c16-15(17,18)14-13(7-19-20-14)25(23,24)22-9-11-6-12(22)8-21(11)10-4-2-1-3-5-10/h1-5,7,11-12H,6,8-9H2,(H,19,20)/t11-,12-/m0/s1. The smallest absolute Gasteiger partial charge is 0.366 e. The molecule has 0 radical (unpaired) electrons. The van der Waals surface area contributed by atoms with Crippen molar-refractivity contribution in [1.82, 2.24) is 14.5 Å². The fraction of sp³-hybridized carbons (Fsp3) is 0.400. The lowest BCUT2D eigenvalue weighted by Crippen LogP contribution is -2.48. The zero-order chi connectivity index (χ0) is 17.8. The number of halogens is 3. The molecule has 1 aromatic carbocycles. The first-order valence-corrected chi connectivity index (χ1v) is 9.16. The van der Waals surface area contributed by atoms with Crippen LogP contribution in [0.25, 0.3) is 0 Å². The molecule has 0 aliphatic carbocycles. The van der Waals surface area contributed by atoms with Gasteiger partial charge in [-0.25, -0.2) is 8.42 Å². The normalized spacial score (nSPS) is 24.2. The number of aromatic nitrogens is 2. The van der Waals surface area contributed by atoms with Gasteiger partial charge in [-0.1, -0.05) is 18.2 Å². The van der Waals surface area contributed by atoms with Gasteiger partial charge in [0.1, 0.15) is 4.90 Å². The molecule has 2 aliphatic rings. The Labute approximate surface area is 142 Å². The molecule has 2 bridgehead atoms. The van der Waals surface area contributed by atoms with Crippen LogP contribution in [0.2, 0.25) is 0 Å². The van der Waals surface area contributed by atoms with Gasteiger partial charge in [-0.05, 0) is 18.6 Å². The molecule has 0 amide bonds. The van der Waals surface area contributed by atoms with Crippen LogP contribution in [0.15, 0.2) is 41.4 Å². The van der Waals surface area contributed by atoms with E-state index in [0.717, 1.165) is 11.9 Å². The van der Waals surface area contributed by atoms with E-state index in [1.54, 1.807) is 5.10 Å². The lowest BCUT2D eigenvalue weighted by molar-refractivity contribution is -0.143. The van der Waals surface area contributed by atoms with Crippen molar-refractivity contribution < 1.29 is 21.6 Å². The predicted octanol–water partition coefficient (Wildman–Crippen LogP) is 2.08. The maximum Gasteiger partial charge on any atom is 0.434 e. The molecule has 2 atom stereocenters. The number of piperazine rings is 1. The van der Waals surface area contributed by atoms with Gasteiger partial charge in [0.2, 0.25) is 10.0 Å². The highest BCUT2D eigenvalue weighted by Gasteiger charge is 2.50. The average Bonchev–Trinajstić information content (AvgIpc) is 3.29. The number of benzene rings is 1. The Morgan fingerprint density at radius 1 is 1.12 bits per heavy atom. The third-order valence-corrected chi connectivity index (χ3v) is 6.68. The minimum atomic E-state index is -4.80. The third kappa shape index (κ3) is 2.60. The second kappa shape index (κ2) is 5.46. The Morgan fingerprint density at radius 3 is 2.44 bits per heavy atom. The van der Waals surface area contributed by atoms with Crippen LogP contribution in [0.5, 0.6) is 0 Å². The molecule has 1 aromatic heterocycles. The number of alkyl halides is 3. The molecule has 3 heterocycles.